The van der Waals surface area contributed by atoms with Crippen LogP contribution < -0.4 is 4.74 Å². The molecule has 0 amide bonds. The van der Waals surface area contributed by atoms with Gasteiger partial charge < -0.3 is 9.84 Å². The van der Waals surface area contributed by atoms with E-state index in [-0.39, 0.29) is 0 Å². The maximum absolute atomic E-state index is 10.5. The summed E-state index contributed by atoms with van der Waals surface area (Å²) in [5.41, 5.74) is 4.17. The lowest BCUT2D eigenvalue weighted by molar-refractivity contribution is 0.220. The summed E-state index contributed by atoms with van der Waals surface area (Å²) in [4.78, 5) is 0. The molecular formula is C18H22O2. The predicted molar refractivity (Wildman–Crippen MR) is 82.2 cm³/mol. The molecule has 2 nitrogen and oxygen atoms in total. The van der Waals surface area contributed by atoms with Crippen LogP contribution in [-0.2, 0) is 6.42 Å². The largest absolute Gasteiger partial charge is 0.496 e. The zero-order valence-corrected chi connectivity index (χ0v) is 12.4. The lowest BCUT2D eigenvalue weighted by Crippen LogP contribution is -2.01. The molecule has 20 heavy (non-hydrogen) atoms. The monoisotopic (exact) mass is 270 g/mol. The van der Waals surface area contributed by atoms with E-state index in [1.165, 1.54) is 5.56 Å². The van der Waals surface area contributed by atoms with E-state index in [4.69, 9.17) is 4.74 Å². The Hall–Kier alpha value is -1.80. The smallest absolute Gasteiger partial charge is 0.121 e. The van der Waals surface area contributed by atoms with Crippen LogP contribution in [0.5, 0.6) is 5.75 Å². The highest BCUT2D eigenvalue weighted by Crippen LogP contribution is 2.27. The molecule has 0 aromatic heterocycles. The third-order valence-corrected chi connectivity index (χ3v) is 3.57. The van der Waals surface area contributed by atoms with E-state index in [2.05, 4.69) is 19.1 Å². The fraction of sp³-hybridized carbons (Fsp3) is 0.333. The standard InChI is InChI=1S/C18H22O2/c1-4-5-14-6-8-15(9-7-14)18(19)16-10-11-17(20-3)13(2)12-16/h6-12,18-19H,4-5H2,1-3H3. The summed E-state index contributed by atoms with van der Waals surface area (Å²) in [6.45, 7) is 4.16. The Balaban J connectivity index is 2.21. The number of aliphatic hydroxyl groups is 1. The maximum atomic E-state index is 10.5. The Morgan fingerprint density at radius 3 is 2.25 bits per heavy atom. The number of aryl methyl sites for hydroxylation is 2. The zero-order chi connectivity index (χ0) is 14.5. The highest BCUT2D eigenvalue weighted by atomic mass is 16.5. The van der Waals surface area contributed by atoms with Crippen molar-refractivity contribution in [3.05, 3.63) is 64.7 Å². The van der Waals surface area contributed by atoms with Gasteiger partial charge in [0.15, 0.2) is 0 Å². The molecule has 0 saturated carbocycles. The van der Waals surface area contributed by atoms with Crippen LogP contribution in [0.4, 0.5) is 0 Å². The number of rotatable bonds is 5. The van der Waals surface area contributed by atoms with Gasteiger partial charge in [0.25, 0.3) is 0 Å². The molecule has 2 aromatic carbocycles. The van der Waals surface area contributed by atoms with Gasteiger partial charge in [-0.15, -0.1) is 0 Å². The van der Waals surface area contributed by atoms with Crippen molar-refractivity contribution < 1.29 is 9.84 Å². The van der Waals surface area contributed by atoms with Gasteiger partial charge in [0, 0.05) is 0 Å². The molecule has 0 spiro atoms. The molecule has 0 aliphatic rings. The van der Waals surface area contributed by atoms with Gasteiger partial charge in [0.1, 0.15) is 11.9 Å². The quantitative estimate of drug-likeness (QED) is 0.888. The van der Waals surface area contributed by atoms with Gasteiger partial charge in [-0.05, 0) is 47.7 Å². The van der Waals surface area contributed by atoms with Crippen molar-refractivity contribution in [1.82, 2.24) is 0 Å². The summed E-state index contributed by atoms with van der Waals surface area (Å²) in [6, 6.07) is 14.0. The van der Waals surface area contributed by atoms with Gasteiger partial charge >= 0.3 is 0 Å². The van der Waals surface area contributed by atoms with Crippen molar-refractivity contribution in [3.63, 3.8) is 0 Å². The lowest BCUT2D eigenvalue weighted by atomic mass is 9.98. The van der Waals surface area contributed by atoms with Crippen LogP contribution in [0.15, 0.2) is 42.5 Å². The van der Waals surface area contributed by atoms with Gasteiger partial charge in [-0.3, -0.25) is 0 Å². The summed E-state index contributed by atoms with van der Waals surface area (Å²) in [5.74, 6) is 0.847. The molecule has 1 N–H and O–H groups in total. The molecule has 1 unspecified atom stereocenters. The number of methoxy groups -OCH3 is 1. The minimum Gasteiger partial charge on any atom is -0.496 e. The fourth-order valence-corrected chi connectivity index (χ4v) is 2.42. The van der Waals surface area contributed by atoms with E-state index in [0.29, 0.717) is 0 Å². The molecule has 0 saturated heterocycles. The lowest BCUT2D eigenvalue weighted by Gasteiger charge is -2.14. The van der Waals surface area contributed by atoms with Crippen LogP contribution in [0.1, 0.15) is 41.7 Å². The second-order valence-electron chi connectivity index (χ2n) is 5.12. The number of ether oxygens (including phenoxy) is 1. The first kappa shape index (κ1) is 14.6. The van der Waals surface area contributed by atoms with E-state index >= 15 is 0 Å². The minimum absolute atomic E-state index is 0.588. The predicted octanol–water partition coefficient (Wildman–Crippen LogP) is 4.04. The summed E-state index contributed by atoms with van der Waals surface area (Å²) >= 11 is 0. The van der Waals surface area contributed by atoms with Crippen LogP contribution >= 0.6 is 0 Å². The SMILES string of the molecule is CCCc1ccc(C(O)c2ccc(OC)c(C)c2)cc1. The Morgan fingerprint density at radius 2 is 1.70 bits per heavy atom. The molecule has 0 radical (unpaired) electrons. The Bertz CT molecular complexity index is 558. The molecule has 0 fully saturated rings. The molecule has 0 aliphatic heterocycles. The van der Waals surface area contributed by atoms with Gasteiger partial charge in [0.2, 0.25) is 0 Å². The Morgan fingerprint density at radius 1 is 1.05 bits per heavy atom. The fourth-order valence-electron chi connectivity index (χ4n) is 2.42. The Kier molecular flexibility index (Phi) is 4.80. The number of benzene rings is 2. The van der Waals surface area contributed by atoms with Gasteiger partial charge in [-0.25, -0.2) is 0 Å². The second-order valence-corrected chi connectivity index (χ2v) is 5.12. The van der Waals surface area contributed by atoms with E-state index < -0.39 is 6.10 Å². The second kappa shape index (κ2) is 6.58. The molecule has 0 bridgehead atoms. The van der Waals surface area contributed by atoms with Crippen molar-refractivity contribution >= 4 is 0 Å². The van der Waals surface area contributed by atoms with Crippen LogP contribution in [-0.4, -0.2) is 12.2 Å². The third kappa shape index (κ3) is 3.20. The summed E-state index contributed by atoms with van der Waals surface area (Å²) in [7, 11) is 1.66. The van der Waals surface area contributed by atoms with Crippen LogP contribution in [0.25, 0.3) is 0 Å². The topological polar surface area (TPSA) is 29.5 Å². The molecule has 2 heteroatoms. The molecule has 2 aromatic rings. The van der Waals surface area contributed by atoms with Crippen molar-refractivity contribution in [2.45, 2.75) is 32.8 Å². The normalized spacial score (nSPS) is 12.2. The summed E-state index contributed by atoms with van der Waals surface area (Å²) in [5, 5.41) is 10.5. The average molecular weight is 270 g/mol. The summed E-state index contributed by atoms with van der Waals surface area (Å²) in [6.07, 6.45) is 1.63. The first-order valence-corrected chi connectivity index (χ1v) is 7.07. The highest BCUT2D eigenvalue weighted by molar-refractivity contribution is 5.40. The zero-order valence-electron chi connectivity index (χ0n) is 12.4. The highest BCUT2D eigenvalue weighted by Gasteiger charge is 2.11. The molecule has 0 heterocycles. The number of aliphatic hydroxyl groups excluding tert-OH is 1. The van der Waals surface area contributed by atoms with Crippen molar-refractivity contribution in [2.24, 2.45) is 0 Å². The molecule has 1 atom stereocenters. The van der Waals surface area contributed by atoms with Gasteiger partial charge in [-0.1, -0.05) is 43.7 Å². The van der Waals surface area contributed by atoms with E-state index in [1.54, 1.807) is 7.11 Å². The van der Waals surface area contributed by atoms with E-state index in [1.807, 2.05) is 37.3 Å². The van der Waals surface area contributed by atoms with Crippen LogP contribution in [0, 0.1) is 6.92 Å². The van der Waals surface area contributed by atoms with Gasteiger partial charge in [0.05, 0.1) is 7.11 Å². The van der Waals surface area contributed by atoms with Gasteiger partial charge in [-0.2, -0.15) is 0 Å². The van der Waals surface area contributed by atoms with E-state index in [0.717, 1.165) is 35.3 Å². The van der Waals surface area contributed by atoms with Crippen molar-refractivity contribution in [2.75, 3.05) is 7.11 Å². The molecule has 106 valence electrons. The van der Waals surface area contributed by atoms with Crippen LogP contribution in [0.3, 0.4) is 0 Å². The summed E-state index contributed by atoms with van der Waals surface area (Å²) < 4.78 is 5.25. The Labute approximate surface area is 121 Å². The van der Waals surface area contributed by atoms with Crippen molar-refractivity contribution in [3.8, 4) is 5.75 Å². The average Bonchev–Trinajstić information content (AvgIpc) is 2.47. The first-order chi connectivity index (χ1) is 9.65. The first-order valence-electron chi connectivity index (χ1n) is 7.07. The maximum Gasteiger partial charge on any atom is 0.121 e. The molecule has 0 aliphatic carbocycles. The van der Waals surface area contributed by atoms with Crippen molar-refractivity contribution in [1.29, 1.82) is 0 Å². The molecule has 2 rings (SSSR count). The number of hydrogen-bond donors (Lipinski definition) is 1. The van der Waals surface area contributed by atoms with E-state index in [9.17, 15) is 5.11 Å². The number of hydrogen-bond acceptors (Lipinski definition) is 2. The third-order valence-electron chi connectivity index (χ3n) is 3.57. The van der Waals surface area contributed by atoms with Crippen LogP contribution in [0.2, 0.25) is 0 Å². The molecular weight excluding hydrogens is 248 g/mol. The minimum atomic E-state index is -0.588.